The van der Waals surface area contributed by atoms with Crippen LogP contribution in [0.25, 0.3) is 0 Å². The molecule has 2 heterocycles. The van der Waals surface area contributed by atoms with Crippen LogP contribution in [0.15, 0.2) is 60.8 Å². The number of carbonyl (C=O) groups is 4. The number of piperazine rings is 1. The van der Waals surface area contributed by atoms with Gasteiger partial charge in [-0.2, -0.15) is 5.10 Å². The number of aryl methyl sites for hydroxylation is 1. The van der Waals surface area contributed by atoms with Gasteiger partial charge in [-0.25, -0.2) is 4.39 Å². The standard InChI is InChI=1S/C35H46FN7O4/c1-6-26(24-12-10-9-11-13-24)32(40-33(45)29-16-17-37-43(29)8-3)34(46)38-28-15-14-25(22-27(28)36)23(4)31(39-30(44)7-2)35(47)42-20-18-41(5)19-21-42/h9-17,22-23,26,31-32H,6-8,18-21H2,1-5H3,(H,38,46)(H,39,44)(H,40,45). The van der Waals surface area contributed by atoms with Crippen LogP contribution in [0, 0.1) is 5.82 Å². The summed E-state index contributed by atoms with van der Waals surface area (Å²) in [4.78, 5) is 57.1. The minimum Gasteiger partial charge on any atom is -0.344 e. The van der Waals surface area contributed by atoms with Gasteiger partial charge >= 0.3 is 0 Å². The lowest BCUT2D eigenvalue weighted by Gasteiger charge is -2.36. The Morgan fingerprint density at radius 3 is 2.21 bits per heavy atom. The normalized spacial score (nSPS) is 16.1. The number of nitrogens with zero attached hydrogens (tertiary/aromatic N) is 4. The van der Waals surface area contributed by atoms with Crippen molar-refractivity contribution in [1.82, 2.24) is 30.2 Å². The monoisotopic (exact) mass is 647 g/mol. The van der Waals surface area contributed by atoms with E-state index in [1.54, 1.807) is 30.9 Å². The average Bonchev–Trinajstić information content (AvgIpc) is 3.57. The van der Waals surface area contributed by atoms with Crippen LogP contribution in [-0.2, 0) is 20.9 Å². The molecule has 3 N–H and O–H groups in total. The van der Waals surface area contributed by atoms with Crippen molar-refractivity contribution in [2.45, 2.75) is 71.0 Å². The first-order chi connectivity index (χ1) is 22.6. The summed E-state index contributed by atoms with van der Waals surface area (Å²) >= 11 is 0. The van der Waals surface area contributed by atoms with Crippen LogP contribution in [-0.4, -0.2) is 88.5 Å². The maximum atomic E-state index is 15.7. The van der Waals surface area contributed by atoms with E-state index in [2.05, 4.69) is 25.9 Å². The summed E-state index contributed by atoms with van der Waals surface area (Å²) in [6, 6.07) is 13.5. The average molecular weight is 648 g/mol. The third-order valence-electron chi connectivity index (χ3n) is 8.88. The van der Waals surface area contributed by atoms with Crippen molar-refractivity contribution in [1.29, 1.82) is 0 Å². The number of anilines is 1. The number of hydrogen-bond donors (Lipinski definition) is 3. The van der Waals surface area contributed by atoms with Crippen molar-refractivity contribution in [3.05, 3.63) is 83.4 Å². The van der Waals surface area contributed by atoms with Crippen LogP contribution in [0.5, 0.6) is 0 Å². The number of likely N-dealkylation sites (N-methyl/N-ethyl adjacent to an activating group) is 1. The highest BCUT2D eigenvalue weighted by molar-refractivity contribution is 6.01. The number of carbonyl (C=O) groups excluding carboxylic acids is 4. The molecule has 0 spiro atoms. The summed E-state index contributed by atoms with van der Waals surface area (Å²) in [6.07, 6.45) is 2.26. The number of benzene rings is 2. The predicted octanol–water partition coefficient (Wildman–Crippen LogP) is 3.75. The molecular weight excluding hydrogens is 601 g/mol. The summed E-state index contributed by atoms with van der Waals surface area (Å²) in [6.45, 7) is 10.3. The molecule has 4 rings (SSSR count). The Bertz CT molecular complexity index is 1540. The lowest BCUT2D eigenvalue weighted by molar-refractivity contribution is -0.138. The van der Waals surface area contributed by atoms with Gasteiger partial charge in [-0.05, 0) is 49.7 Å². The SMILES string of the molecule is CCC(=O)NC(C(=O)N1CCN(C)CC1)C(C)c1ccc(NC(=O)C(NC(=O)c2ccnn2CC)C(CC)c2ccccc2)c(F)c1. The van der Waals surface area contributed by atoms with E-state index in [0.29, 0.717) is 37.3 Å². The molecule has 11 nitrogen and oxygen atoms in total. The molecule has 3 aromatic rings. The van der Waals surface area contributed by atoms with Gasteiger partial charge in [0.2, 0.25) is 17.7 Å². The number of aromatic nitrogens is 2. The van der Waals surface area contributed by atoms with Crippen molar-refractivity contribution >= 4 is 29.3 Å². The quantitative estimate of drug-likeness (QED) is 0.259. The van der Waals surface area contributed by atoms with Crippen LogP contribution in [0.4, 0.5) is 10.1 Å². The molecule has 252 valence electrons. The fourth-order valence-electron chi connectivity index (χ4n) is 5.92. The van der Waals surface area contributed by atoms with Crippen molar-refractivity contribution in [3.8, 4) is 0 Å². The highest BCUT2D eigenvalue weighted by Crippen LogP contribution is 2.28. The molecule has 4 amide bonds. The molecule has 0 aliphatic carbocycles. The molecule has 0 bridgehead atoms. The summed E-state index contributed by atoms with van der Waals surface area (Å²) in [5.41, 5.74) is 1.60. The number of halogens is 1. The Balaban J connectivity index is 1.58. The van der Waals surface area contributed by atoms with Crippen LogP contribution in [0.2, 0.25) is 0 Å². The van der Waals surface area contributed by atoms with Gasteiger partial charge < -0.3 is 25.8 Å². The first kappa shape index (κ1) is 35.3. The minimum absolute atomic E-state index is 0.0637. The minimum atomic E-state index is -1.03. The Kier molecular flexibility index (Phi) is 12.2. The van der Waals surface area contributed by atoms with E-state index in [1.165, 1.54) is 23.0 Å². The molecule has 1 aliphatic heterocycles. The summed E-state index contributed by atoms with van der Waals surface area (Å²) in [7, 11) is 1.99. The number of nitrogens with one attached hydrogen (secondary N) is 3. The second-order valence-electron chi connectivity index (χ2n) is 12.0. The number of hydrogen-bond acceptors (Lipinski definition) is 6. The summed E-state index contributed by atoms with van der Waals surface area (Å²) in [5, 5.41) is 12.6. The Morgan fingerprint density at radius 2 is 1.60 bits per heavy atom. The molecular formula is C35H46FN7O4. The molecule has 1 fully saturated rings. The van der Waals surface area contributed by atoms with Crippen molar-refractivity contribution in [3.63, 3.8) is 0 Å². The zero-order valence-corrected chi connectivity index (χ0v) is 27.8. The van der Waals surface area contributed by atoms with E-state index >= 15 is 4.39 Å². The molecule has 1 aliphatic rings. The predicted molar refractivity (Wildman–Crippen MR) is 178 cm³/mol. The molecule has 1 aromatic heterocycles. The number of amides is 4. The summed E-state index contributed by atoms with van der Waals surface area (Å²) < 4.78 is 17.3. The van der Waals surface area contributed by atoms with Gasteiger partial charge in [0.1, 0.15) is 23.6 Å². The molecule has 1 saturated heterocycles. The smallest absolute Gasteiger partial charge is 0.270 e. The molecule has 47 heavy (non-hydrogen) atoms. The fourth-order valence-corrected chi connectivity index (χ4v) is 5.92. The first-order valence-electron chi connectivity index (χ1n) is 16.3. The molecule has 0 saturated carbocycles. The molecule has 12 heteroatoms. The molecule has 4 unspecified atom stereocenters. The molecule has 0 radical (unpaired) electrons. The van der Waals surface area contributed by atoms with Gasteiger partial charge in [0.15, 0.2) is 0 Å². The second-order valence-corrected chi connectivity index (χ2v) is 12.0. The van der Waals surface area contributed by atoms with Crippen molar-refractivity contribution in [2.75, 3.05) is 38.5 Å². The molecule has 2 aromatic carbocycles. The Morgan fingerprint density at radius 1 is 0.894 bits per heavy atom. The topological polar surface area (TPSA) is 129 Å². The van der Waals surface area contributed by atoms with E-state index in [1.807, 2.05) is 51.2 Å². The Hall–Kier alpha value is -4.58. The third-order valence-corrected chi connectivity index (χ3v) is 8.88. The first-order valence-corrected chi connectivity index (χ1v) is 16.3. The van der Waals surface area contributed by atoms with Crippen LogP contribution in [0.1, 0.15) is 74.0 Å². The van der Waals surface area contributed by atoms with Gasteiger partial charge in [-0.3, -0.25) is 23.9 Å². The highest BCUT2D eigenvalue weighted by Gasteiger charge is 2.34. The zero-order chi connectivity index (χ0) is 34.1. The van der Waals surface area contributed by atoms with E-state index in [-0.39, 0.29) is 23.9 Å². The van der Waals surface area contributed by atoms with Crippen molar-refractivity contribution < 1.29 is 23.6 Å². The lowest BCUT2D eigenvalue weighted by atomic mass is 9.88. The van der Waals surface area contributed by atoms with Gasteiger partial charge in [-0.15, -0.1) is 0 Å². The second kappa shape index (κ2) is 16.3. The van der Waals surface area contributed by atoms with Gasteiger partial charge in [-0.1, -0.05) is 57.2 Å². The largest absolute Gasteiger partial charge is 0.344 e. The maximum absolute atomic E-state index is 15.7. The van der Waals surface area contributed by atoms with E-state index in [0.717, 1.165) is 18.7 Å². The van der Waals surface area contributed by atoms with Crippen molar-refractivity contribution in [2.24, 2.45) is 0 Å². The van der Waals surface area contributed by atoms with Crippen LogP contribution < -0.4 is 16.0 Å². The van der Waals surface area contributed by atoms with Gasteiger partial charge in [0, 0.05) is 57.2 Å². The highest BCUT2D eigenvalue weighted by atomic mass is 19.1. The maximum Gasteiger partial charge on any atom is 0.270 e. The lowest BCUT2D eigenvalue weighted by Crippen LogP contribution is -2.55. The number of rotatable bonds is 13. The Labute approximate surface area is 275 Å². The summed E-state index contributed by atoms with van der Waals surface area (Å²) in [5.74, 6) is -3.16. The van der Waals surface area contributed by atoms with E-state index in [9.17, 15) is 19.2 Å². The van der Waals surface area contributed by atoms with E-state index in [4.69, 9.17) is 0 Å². The van der Waals surface area contributed by atoms with Crippen LogP contribution in [0.3, 0.4) is 0 Å². The third kappa shape index (κ3) is 8.62. The van der Waals surface area contributed by atoms with Crippen LogP contribution >= 0.6 is 0 Å². The van der Waals surface area contributed by atoms with Gasteiger partial charge in [0.25, 0.3) is 5.91 Å². The molecule has 4 atom stereocenters. The zero-order valence-electron chi connectivity index (χ0n) is 27.8. The van der Waals surface area contributed by atoms with Gasteiger partial charge in [0.05, 0.1) is 5.69 Å². The van der Waals surface area contributed by atoms with E-state index < -0.39 is 41.6 Å². The fraction of sp³-hybridized carbons (Fsp3) is 0.457.